The van der Waals surface area contributed by atoms with Crippen molar-refractivity contribution in [2.45, 2.75) is 188 Å². The highest BCUT2D eigenvalue weighted by Crippen LogP contribution is 2.59. The molecule has 1 spiro atoms. The van der Waals surface area contributed by atoms with Crippen molar-refractivity contribution in [1.82, 2.24) is 0 Å². The molecule has 10 heterocycles. The van der Waals surface area contributed by atoms with Crippen molar-refractivity contribution in [3.05, 3.63) is 47.5 Å². The number of aliphatic imine (C=N–C) groups is 1. The van der Waals surface area contributed by atoms with Crippen LogP contribution in [0.3, 0.4) is 0 Å². The molecule has 1 aromatic carbocycles. The Kier molecular flexibility index (Phi) is 12.8. The van der Waals surface area contributed by atoms with E-state index in [0.29, 0.717) is 56.1 Å². The lowest BCUT2D eigenvalue weighted by Crippen LogP contribution is -2.74. The molecule has 4 N–H and O–H groups in total. The Hall–Kier alpha value is -2.67. The van der Waals surface area contributed by atoms with Crippen molar-refractivity contribution < 1.29 is 67.9 Å². The van der Waals surface area contributed by atoms with E-state index in [1.807, 2.05) is 0 Å². The number of ether oxygens (including phenoxy) is 8. The molecule has 12 bridgehead atoms. The molecule has 10 aliphatic heterocycles. The summed E-state index contributed by atoms with van der Waals surface area (Å²) in [7, 11) is 1.60. The number of rotatable bonds is 8. The molecule has 19 atom stereocenters. The number of carbonyl (C=O) groups excluding carboxylic acids is 2. The number of aliphatic hydroxyl groups is 4. The van der Waals surface area contributed by atoms with Crippen molar-refractivity contribution in [3.63, 3.8) is 0 Å². The summed E-state index contributed by atoms with van der Waals surface area (Å²) >= 11 is 0. The van der Waals surface area contributed by atoms with Gasteiger partial charge >= 0.3 is 5.97 Å². The zero-order chi connectivity index (χ0) is 44.5. The van der Waals surface area contributed by atoms with Crippen LogP contribution in [-0.2, 0) is 49.3 Å². The minimum atomic E-state index is -1.68. The van der Waals surface area contributed by atoms with Gasteiger partial charge in [-0.1, -0.05) is 25.6 Å². The van der Waals surface area contributed by atoms with Crippen LogP contribution in [0.15, 0.2) is 41.4 Å². The van der Waals surface area contributed by atoms with Crippen LogP contribution in [0, 0.1) is 29.6 Å². The van der Waals surface area contributed by atoms with E-state index in [1.54, 1.807) is 31.4 Å². The zero-order valence-corrected chi connectivity index (χ0v) is 37.2. The summed E-state index contributed by atoms with van der Waals surface area (Å²) in [6.07, 6.45) is 1.46. The van der Waals surface area contributed by atoms with Gasteiger partial charge in [0.05, 0.1) is 79.8 Å². The predicted molar refractivity (Wildman–Crippen MR) is 228 cm³/mol. The van der Waals surface area contributed by atoms with E-state index in [1.165, 1.54) is 0 Å². The van der Waals surface area contributed by atoms with Crippen LogP contribution in [0.25, 0.3) is 0 Å². The smallest absolute Gasteiger partial charge is 0.338 e. The summed E-state index contributed by atoms with van der Waals surface area (Å²) in [4.78, 5) is 33.0. The number of aliphatic hydroxyl groups excluding tert-OH is 3. The molecule has 0 amide bonds. The average Bonchev–Trinajstić information content (AvgIpc) is 3.79. The van der Waals surface area contributed by atoms with E-state index in [-0.39, 0.29) is 99.4 Å². The monoisotopic (exact) mass is 893 g/mol. The lowest BCUT2D eigenvalue weighted by molar-refractivity contribution is -0.399. The lowest BCUT2D eigenvalue weighted by Gasteiger charge is -2.64. The van der Waals surface area contributed by atoms with Crippen LogP contribution in [0.5, 0.6) is 0 Å². The first-order chi connectivity index (χ1) is 30.9. The molecular weight excluding hydrogens is 827 g/mol. The van der Waals surface area contributed by atoms with Crippen LogP contribution >= 0.6 is 0 Å². The average molecular weight is 894 g/mol. The van der Waals surface area contributed by atoms with Gasteiger partial charge in [0.1, 0.15) is 24.6 Å². The number of benzene rings is 1. The lowest BCUT2D eigenvalue weighted by atomic mass is 9.59. The van der Waals surface area contributed by atoms with Crippen molar-refractivity contribution >= 4 is 17.5 Å². The molecule has 64 heavy (non-hydrogen) atoms. The van der Waals surface area contributed by atoms with E-state index in [4.69, 9.17) is 42.9 Å². The molecule has 0 aromatic heterocycles. The molecule has 12 rings (SSSR count). The maximum absolute atomic E-state index is 14.4. The van der Waals surface area contributed by atoms with Gasteiger partial charge in [0.15, 0.2) is 5.79 Å². The fourth-order valence-electron chi connectivity index (χ4n) is 13.1. The molecule has 0 radical (unpaired) electrons. The van der Waals surface area contributed by atoms with E-state index >= 15 is 0 Å². The Balaban J connectivity index is 0.990. The Labute approximate surface area is 375 Å². The van der Waals surface area contributed by atoms with Gasteiger partial charge in [-0.05, 0) is 92.9 Å². The third-order valence-corrected chi connectivity index (χ3v) is 16.4. The van der Waals surface area contributed by atoms with Crippen molar-refractivity contribution in [2.75, 3.05) is 20.3 Å². The fraction of sp³-hybridized carbons (Fsp3) is 0.776. The number of esters is 1. The number of hydrogen-bond acceptors (Lipinski definition) is 15. The van der Waals surface area contributed by atoms with E-state index in [0.717, 1.165) is 30.5 Å². The molecule has 1 saturated carbocycles. The number of fused-ring (bicyclic) bond motifs is 6. The summed E-state index contributed by atoms with van der Waals surface area (Å²) in [5.74, 6) is -3.22. The summed E-state index contributed by atoms with van der Waals surface area (Å²) in [6.45, 7) is 5.93. The molecule has 15 heteroatoms. The number of ketones is 1. The minimum absolute atomic E-state index is 0.00577. The van der Waals surface area contributed by atoms with Gasteiger partial charge < -0.3 is 58.3 Å². The van der Waals surface area contributed by atoms with Gasteiger partial charge in [0.25, 0.3) is 0 Å². The normalized spacial score (nSPS) is 46.5. The van der Waals surface area contributed by atoms with E-state index < -0.39 is 72.2 Å². The maximum Gasteiger partial charge on any atom is 0.338 e. The highest BCUT2D eigenvalue weighted by atomic mass is 16.7. The molecule has 352 valence electrons. The summed E-state index contributed by atoms with van der Waals surface area (Å²) in [6, 6.07) is 6.43. The van der Waals surface area contributed by atoms with Gasteiger partial charge in [-0.2, -0.15) is 0 Å². The SMILES string of the molecule is C=C1C[C@@H]2CC[C@]3(O)O[C@@H]4[C@@H]5C[C@@H](CC3CO)[C@@H]5O[C@H]3CC[C@@H]5CC(=O)C[C@@H]6[C@@H](OC)[C@@H](C[C@H](O)COC(=O)c7ccc(CO)cc7)O[C@H]6C[C@H]6O[C@@H](CC[C@@H]1O2)C[C@@H](C)/C6=N/[C@]34O5. The van der Waals surface area contributed by atoms with Crippen LogP contribution in [0.4, 0.5) is 0 Å². The number of carbonyl (C=O) groups is 2. The van der Waals surface area contributed by atoms with Crippen LogP contribution in [0.1, 0.15) is 113 Å². The van der Waals surface area contributed by atoms with Crippen molar-refractivity contribution in [2.24, 2.45) is 34.6 Å². The first-order valence-electron chi connectivity index (χ1n) is 24.0. The Morgan fingerprint density at radius 1 is 0.906 bits per heavy atom. The number of nitrogens with zero attached hydrogens (tertiary/aromatic N) is 1. The number of methoxy groups -OCH3 is 1. The van der Waals surface area contributed by atoms with Crippen LogP contribution in [0.2, 0.25) is 0 Å². The molecule has 7 saturated heterocycles. The largest absolute Gasteiger partial charge is 0.459 e. The van der Waals surface area contributed by atoms with Gasteiger partial charge in [0.2, 0.25) is 5.72 Å². The predicted octanol–water partition coefficient (Wildman–Crippen LogP) is 4.13. The summed E-state index contributed by atoms with van der Waals surface area (Å²) in [5.41, 5.74) is 1.44. The minimum Gasteiger partial charge on any atom is -0.459 e. The second kappa shape index (κ2) is 18.1. The van der Waals surface area contributed by atoms with Crippen LogP contribution in [-0.4, -0.2) is 143 Å². The Bertz CT molecular complexity index is 1930. The highest BCUT2D eigenvalue weighted by Gasteiger charge is 2.69. The molecule has 15 nitrogen and oxygen atoms in total. The van der Waals surface area contributed by atoms with Gasteiger partial charge in [-0.3, -0.25) is 9.79 Å². The third kappa shape index (κ3) is 8.37. The van der Waals surface area contributed by atoms with Gasteiger partial charge in [-0.15, -0.1) is 0 Å². The van der Waals surface area contributed by atoms with E-state index in [9.17, 15) is 30.0 Å². The van der Waals surface area contributed by atoms with Crippen molar-refractivity contribution in [3.8, 4) is 0 Å². The third-order valence-electron chi connectivity index (χ3n) is 16.4. The standard InChI is InChI=1S/C49H67NO14/c1-25-14-34-12-13-48(56)30(23-52)16-29-17-37-44(29)62-42-11-9-35-18-31(53)19-36-39(61-41(45(36)57-3)20-32(54)24-58-47(55)28-6-4-27(22-51)5-7-28)21-40-43(50-49(42,63-35)46(37)64-48)26(2)15-33(60-40)8-10-38(25)59-34/h4-7,26,29-30,32-42,44-46,51-52,54,56H,1,8-24H2,2-3H3/b50-43-/t26-,29-,30?,32+,33+,34+,35-,36+,37-,38+,39+,40-,41-,42+,44+,45-,46-,48+,49+/m1/s1. The highest BCUT2D eigenvalue weighted by molar-refractivity contribution is 5.92. The second-order valence-corrected chi connectivity index (χ2v) is 20.6. The molecular formula is C49H67NO14. The summed E-state index contributed by atoms with van der Waals surface area (Å²) in [5, 5.41) is 44.3. The molecule has 1 aliphatic carbocycles. The Morgan fingerprint density at radius 2 is 1.70 bits per heavy atom. The molecule has 8 fully saturated rings. The van der Waals surface area contributed by atoms with Gasteiger partial charge in [-0.25, -0.2) is 4.79 Å². The van der Waals surface area contributed by atoms with Crippen molar-refractivity contribution in [1.29, 1.82) is 0 Å². The molecule has 11 aliphatic rings. The molecule has 1 unspecified atom stereocenters. The Morgan fingerprint density at radius 3 is 2.48 bits per heavy atom. The first-order valence-corrected chi connectivity index (χ1v) is 24.0. The zero-order valence-electron chi connectivity index (χ0n) is 37.2. The van der Waals surface area contributed by atoms with E-state index in [2.05, 4.69) is 13.5 Å². The van der Waals surface area contributed by atoms with Gasteiger partial charge in [0, 0.05) is 62.7 Å². The second-order valence-electron chi connectivity index (χ2n) is 20.6. The number of Topliss-reactive ketones (excluding diaryl/α,β-unsaturated/α-hetero) is 1. The van der Waals surface area contributed by atoms with Crippen LogP contribution < -0.4 is 0 Å². The first kappa shape index (κ1) is 45.1. The maximum atomic E-state index is 14.4. The molecule has 1 aromatic rings. The fourth-order valence-corrected chi connectivity index (χ4v) is 13.1. The topological polar surface area (TPSA) is 201 Å². The quantitative estimate of drug-likeness (QED) is 0.215. The number of hydrogen-bond donors (Lipinski definition) is 4. The summed E-state index contributed by atoms with van der Waals surface area (Å²) < 4.78 is 53.8.